The van der Waals surface area contributed by atoms with Crippen molar-refractivity contribution >= 4 is 62.3 Å². The van der Waals surface area contributed by atoms with E-state index in [0.717, 1.165) is 16.7 Å². The highest BCUT2D eigenvalue weighted by Gasteiger charge is 2.12. The van der Waals surface area contributed by atoms with Crippen LogP contribution in [0.2, 0.25) is 20.1 Å². The Hall–Kier alpha value is 0.0800. The summed E-state index contributed by atoms with van der Waals surface area (Å²) in [5, 5.41) is 2.54. The van der Waals surface area contributed by atoms with Gasteiger partial charge in [0.1, 0.15) is 0 Å². The van der Waals surface area contributed by atoms with E-state index in [0.29, 0.717) is 25.4 Å². The van der Waals surface area contributed by atoms with Gasteiger partial charge in [-0.2, -0.15) is 0 Å². The van der Waals surface area contributed by atoms with Crippen LogP contribution in [0.1, 0.15) is 5.56 Å². The van der Waals surface area contributed by atoms with Crippen LogP contribution in [0.4, 0.5) is 0 Å². The van der Waals surface area contributed by atoms with Gasteiger partial charge in [-0.25, -0.2) is 0 Å². The predicted molar refractivity (Wildman–Crippen MR) is 84.5 cm³/mol. The molecule has 0 N–H and O–H groups in total. The van der Waals surface area contributed by atoms with Crippen LogP contribution in [0.3, 0.4) is 0 Å². The van der Waals surface area contributed by atoms with Gasteiger partial charge in [0.2, 0.25) is 0 Å². The summed E-state index contributed by atoms with van der Waals surface area (Å²) in [4.78, 5) is 0. The molecule has 0 saturated carbocycles. The molecule has 0 unspecified atom stereocenters. The zero-order valence-electron chi connectivity index (χ0n) is 8.98. The average molecular weight is 385 g/mol. The van der Waals surface area contributed by atoms with Gasteiger partial charge in [0, 0.05) is 15.9 Å². The molecule has 0 aliphatic rings. The third-order valence-corrected chi connectivity index (χ3v) is 4.63. The Morgan fingerprint density at radius 3 is 2.06 bits per heavy atom. The predicted octanol–water partition coefficient (Wildman–Crippen LogP) is 6.86. The second kappa shape index (κ2) is 6.02. The fourth-order valence-corrected chi connectivity index (χ4v) is 3.07. The molecule has 0 aliphatic heterocycles. The van der Waals surface area contributed by atoms with Crippen LogP contribution >= 0.6 is 62.3 Å². The Morgan fingerprint density at radius 2 is 1.50 bits per heavy atom. The van der Waals surface area contributed by atoms with E-state index in [9.17, 15) is 0 Å². The molecule has 5 heteroatoms. The van der Waals surface area contributed by atoms with E-state index in [1.165, 1.54) is 0 Å². The molecular formula is C13H7BrCl4. The topological polar surface area (TPSA) is 0 Å². The molecule has 94 valence electrons. The van der Waals surface area contributed by atoms with Gasteiger partial charge in [0.25, 0.3) is 0 Å². The summed E-state index contributed by atoms with van der Waals surface area (Å²) in [5.74, 6) is 0. The van der Waals surface area contributed by atoms with E-state index in [1.807, 2.05) is 18.2 Å². The first kappa shape index (κ1) is 14.5. The minimum absolute atomic E-state index is 0.356. The molecule has 0 bridgehead atoms. The summed E-state index contributed by atoms with van der Waals surface area (Å²) in [7, 11) is 0. The lowest BCUT2D eigenvalue weighted by Gasteiger charge is -2.11. The van der Waals surface area contributed by atoms with Crippen molar-refractivity contribution in [2.75, 3.05) is 0 Å². The third kappa shape index (κ3) is 2.81. The van der Waals surface area contributed by atoms with Crippen LogP contribution in [0.5, 0.6) is 0 Å². The van der Waals surface area contributed by atoms with Crippen LogP contribution in [0.15, 0.2) is 30.3 Å². The summed E-state index contributed by atoms with van der Waals surface area (Å²) in [6.45, 7) is 0. The SMILES string of the molecule is Clc1cc(-c2c(Cl)cccc2CBr)cc(Cl)c1Cl. The lowest BCUT2D eigenvalue weighted by atomic mass is 10.0. The van der Waals surface area contributed by atoms with E-state index in [2.05, 4.69) is 15.9 Å². The number of halogens is 5. The molecule has 2 aromatic rings. The van der Waals surface area contributed by atoms with Crippen LogP contribution in [-0.4, -0.2) is 0 Å². The van der Waals surface area contributed by atoms with Crippen molar-refractivity contribution in [2.45, 2.75) is 5.33 Å². The average Bonchev–Trinajstić information content (AvgIpc) is 2.35. The molecule has 2 aromatic carbocycles. The van der Waals surface area contributed by atoms with Crippen molar-refractivity contribution < 1.29 is 0 Å². The quantitative estimate of drug-likeness (QED) is 0.391. The molecule has 0 spiro atoms. The zero-order valence-corrected chi connectivity index (χ0v) is 13.6. The normalized spacial score (nSPS) is 10.7. The zero-order chi connectivity index (χ0) is 13.3. The summed E-state index contributed by atoms with van der Waals surface area (Å²) < 4.78 is 0. The van der Waals surface area contributed by atoms with Gasteiger partial charge in [-0.05, 0) is 29.3 Å². The van der Waals surface area contributed by atoms with E-state index >= 15 is 0 Å². The molecule has 0 nitrogen and oxygen atoms in total. The number of alkyl halides is 1. The lowest BCUT2D eigenvalue weighted by Crippen LogP contribution is -1.88. The smallest absolute Gasteiger partial charge is 0.0778 e. The highest BCUT2D eigenvalue weighted by molar-refractivity contribution is 9.08. The highest BCUT2D eigenvalue weighted by Crippen LogP contribution is 2.39. The van der Waals surface area contributed by atoms with Crippen molar-refractivity contribution in [2.24, 2.45) is 0 Å². The standard InChI is InChI=1S/C13H7BrCl4/c14-6-7-2-1-3-9(15)12(7)8-4-10(16)13(18)11(17)5-8/h1-5H,6H2. The largest absolute Gasteiger partial charge is 0.0876 e. The van der Waals surface area contributed by atoms with Gasteiger partial charge in [-0.15, -0.1) is 0 Å². The Labute approximate surface area is 134 Å². The molecule has 0 fully saturated rings. The van der Waals surface area contributed by atoms with Crippen molar-refractivity contribution in [3.8, 4) is 11.1 Å². The van der Waals surface area contributed by atoms with Gasteiger partial charge in [0.15, 0.2) is 0 Å². The highest BCUT2D eigenvalue weighted by atomic mass is 79.9. The molecule has 0 saturated heterocycles. The third-order valence-electron chi connectivity index (χ3n) is 2.52. The number of rotatable bonds is 2. The van der Waals surface area contributed by atoms with E-state index in [4.69, 9.17) is 46.4 Å². The van der Waals surface area contributed by atoms with Gasteiger partial charge in [-0.3, -0.25) is 0 Å². The Bertz CT molecular complexity index is 573. The maximum absolute atomic E-state index is 6.25. The molecule has 0 heterocycles. The van der Waals surface area contributed by atoms with Crippen LogP contribution in [-0.2, 0) is 5.33 Å². The number of hydrogen-bond donors (Lipinski definition) is 0. The lowest BCUT2D eigenvalue weighted by molar-refractivity contribution is 1.43. The molecule has 0 aromatic heterocycles. The minimum atomic E-state index is 0.356. The maximum atomic E-state index is 6.25. The molecule has 0 radical (unpaired) electrons. The summed E-state index contributed by atoms with van der Waals surface area (Å²) >= 11 is 27.7. The van der Waals surface area contributed by atoms with Gasteiger partial charge in [0.05, 0.1) is 15.1 Å². The van der Waals surface area contributed by atoms with Crippen molar-refractivity contribution in [1.82, 2.24) is 0 Å². The number of benzene rings is 2. The Kier molecular flexibility index (Phi) is 4.85. The van der Waals surface area contributed by atoms with Crippen molar-refractivity contribution in [1.29, 1.82) is 0 Å². The van der Waals surface area contributed by atoms with E-state index < -0.39 is 0 Å². The molecule has 0 aliphatic carbocycles. The summed E-state index contributed by atoms with van der Waals surface area (Å²) in [6, 6.07) is 9.26. The first-order valence-corrected chi connectivity index (χ1v) is 7.66. The molecule has 0 amide bonds. The molecule has 18 heavy (non-hydrogen) atoms. The fraction of sp³-hybridized carbons (Fsp3) is 0.0769. The second-order valence-electron chi connectivity index (χ2n) is 3.66. The fourth-order valence-electron chi connectivity index (χ4n) is 1.70. The molecule has 0 atom stereocenters. The second-order valence-corrected chi connectivity index (χ2v) is 5.82. The molecular weight excluding hydrogens is 378 g/mol. The first-order valence-electron chi connectivity index (χ1n) is 5.03. The van der Waals surface area contributed by atoms with Gasteiger partial charge in [-0.1, -0.05) is 74.5 Å². The van der Waals surface area contributed by atoms with Crippen LogP contribution in [0, 0.1) is 0 Å². The summed E-state index contributed by atoms with van der Waals surface area (Å²) in [6.07, 6.45) is 0. The number of hydrogen-bond acceptors (Lipinski definition) is 0. The maximum Gasteiger partial charge on any atom is 0.0778 e. The van der Waals surface area contributed by atoms with Crippen molar-refractivity contribution in [3.63, 3.8) is 0 Å². The summed E-state index contributed by atoms with van der Waals surface area (Å²) in [5.41, 5.74) is 2.84. The van der Waals surface area contributed by atoms with E-state index in [-0.39, 0.29) is 0 Å². The van der Waals surface area contributed by atoms with Crippen LogP contribution in [0.25, 0.3) is 11.1 Å². The van der Waals surface area contributed by atoms with Gasteiger partial charge < -0.3 is 0 Å². The van der Waals surface area contributed by atoms with Crippen molar-refractivity contribution in [3.05, 3.63) is 56.0 Å². The molecule has 2 rings (SSSR count). The first-order chi connectivity index (χ1) is 8.54. The Morgan fingerprint density at radius 1 is 0.889 bits per heavy atom. The van der Waals surface area contributed by atoms with Gasteiger partial charge >= 0.3 is 0 Å². The van der Waals surface area contributed by atoms with E-state index in [1.54, 1.807) is 12.1 Å². The van der Waals surface area contributed by atoms with Crippen LogP contribution < -0.4 is 0 Å². The monoisotopic (exact) mass is 382 g/mol. The minimum Gasteiger partial charge on any atom is -0.0876 e. The Balaban J connectivity index is 2.69.